The second kappa shape index (κ2) is 6.19. The van der Waals surface area contributed by atoms with Crippen molar-refractivity contribution in [1.82, 2.24) is 20.3 Å². The molecule has 128 valence electrons. The van der Waals surface area contributed by atoms with Gasteiger partial charge in [-0.2, -0.15) is 0 Å². The summed E-state index contributed by atoms with van der Waals surface area (Å²) in [6.07, 6.45) is 5.82. The summed E-state index contributed by atoms with van der Waals surface area (Å²) in [6, 6.07) is 3.76. The fourth-order valence-corrected chi connectivity index (χ4v) is 4.24. The maximum Gasteiger partial charge on any atom is 0.262 e. The third kappa shape index (κ3) is 3.02. The van der Waals surface area contributed by atoms with Crippen molar-refractivity contribution < 1.29 is 4.79 Å². The van der Waals surface area contributed by atoms with Crippen LogP contribution in [0.1, 0.15) is 64.0 Å². The van der Waals surface area contributed by atoms with Gasteiger partial charge in [0.1, 0.15) is 10.7 Å². The van der Waals surface area contributed by atoms with E-state index in [1.807, 2.05) is 32.9 Å². The number of pyridine rings is 1. The molecule has 0 radical (unpaired) electrons. The van der Waals surface area contributed by atoms with Gasteiger partial charge in [-0.15, -0.1) is 11.3 Å². The number of rotatable bonds is 4. The molecule has 1 aliphatic rings. The van der Waals surface area contributed by atoms with Gasteiger partial charge in [-0.3, -0.25) is 9.78 Å². The summed E-state index contributed by atoms with van der Waals surface area (Å²) in [5.74, 6) is 1.38. The second-order valence-corrected chi connectivity index (χ2v) is 7.65. The number of hydrogen-bond acceptors (Lipinski definition) is 5. The molecule has 1 aliphatic carbocycles. The molecule has 6 heteroatoms. The first-order valence-electron chi connectivity index (χ1n) is 8.53. The Hall–Kier alpha value is -2.34. The highest BCUT2D eigenvalue weighted by molar-refractivity contribution is 7.20. The third-order valence-electron chi connectivity index (χ3n) is 4.69. The molecule has 1 saturated carbocycles. The summed E-state index contributed by atoms with van der Waals surface area (Å²) >= 11 is 1.47. The van der Waals surface area contributed by atoms with Gasteiger partial charge in [0.25, 0.3) is 5.91 Å². The number of thiophene rings is 1. The van der Waals surface area contributed by atoms with E-state index in [-0.39, 0.29) is 11.9 Å². The Morgan fingerprint density at radius 1 is 1.24 bits per heavy atom. The molecule has 5 nitrogen and oxygen atoms in total. The minimum absolute atomic E-state index is 0.0582. The van der Waals surface area contributed by atoms with Crippen molar-refractivity contribution in [3.63, 3.8) is 0 Å². The van der Waals surface area contributed by atoms with Gasteiger partial charge in [0.05, 0.1) is 16.6 Å². The molecule has 1 unspecified atom stereocenters. The Bertz CT molecular complexity index is 947. The number of hydrogen-bond donors (Lipinski definition) is 1. The van der Waals surface area contributed by atoms with E-state index in [1.165, 1.54) is 24.2 Å². The van der Waals surface area contributed by atoms with Gasteiger partial charge >= 0.3 is 0 Å². The molecule has 3 heterocycles. The first kappa shape index (κ1) is 16.1. The average Bonchev–Trinajstić information content (AvgIpc) is 3.39. The average molecular weight is 352 g/mol. The van der Waals surface area contributed by atoms with Crippen LogP contribution in [-0.2, 0) is 0 Å². The van der Waals surface area contributed by atoms with Crippen LogP contribution in [0.25, 0.3) is 10.2 Å². The summed E-state index contributed by atoms with van der Waals surface area (Å²) in [5.41, 5.74) is 2.98. The van der Waals surface area contributed by atoms with E-state index in [4.69, 9.17) is 4.98 Å². The summed E-state index contributed by atoms with van der Waals surface area (Å²) in [4.78, 5) is 27.8. The van der Waals surface area contributed by atoms with Gasteiger partial charge in [-0.25, -0.2) is 9.97 Å². The van der Waals surface area contributed by atoms with E-state index in [0.717, 1.165) is 37.7 Å². The van der Waals surface area contributed by atoms with E-state index in [1.54, 1.807) is 12.4 Å². The second-order valence-electron chi connectivity index (χ2n) is 6.65. The lowest BCUT2D eigenvalue weighted by Gasteiger charge is -2.13. The number of fused-ring (bicyclic) bond motifs is 1. The fraction of sp³-hybridized carbons (Fsp3) is 0.368. The summed E-state index contributed by atoms with van der Waals surface area (Å²) in [5, 5.41) is 4.10. The predicted molar refractivity (Wildman–Crippen MR) is 99.0 cm³/mol. The lowest BCUT2D eigenvalue weighted by atomic mass is 10.1. The van der Waals surface area contributed by atoms with Crippen molar-refractivity contribution in [1.29, 1.82) is 0 Å². The Balaban J connectivity index is 1.65. The molecule has 1 atom stereocenters. The number of carbonyl (C=O) groups excluding carboxylic acids is 1. The Morgan fingerprint density at radius 2 is 1.96 bits per heavy atom. The normalized spacial score (nSPS) is 15.3. The number of carbonyl (C=O) groups is 1. The standard InChI is InChI=1S/C19H20N4OS/c1-10-15-12(3)21-17(14-4-5-14)23-19(15)25-16(10)18(24)22-11(2)13-6-8-20-9-7-13/h6-9,11,14H,4-5H2,1-3H3,(H,22,24). The summed E-state index contributed by atoms with van der Waals surface area (Å²) in [7, 11) is 0. The van der Waals surface area contributed by atoms with Gasteiger partial charge in [0.15, 0.2) is 0 Å². The van der Waals surface area contributed by atoms with Crippen molar-refractivity contribution in [3.05, 3.63) is 52.0 Å². The fourth-order valence-electron chi connectivity index (χ4n) is 3.10. The highest BCUT2D eigenvalue weighted by atomic mass is 32.1. The highest BCUT2D eigenvalue weighted by Crippen LogP contribution is 2.40. The smallest absolute Gasteiger partial charge is 0.262 e. The van der Waals surface area contributed by atoms with Crippen LogP contribution in [-0.4, -0.2) is 20.9 Å². The lowest BCUT2D eigenvalue weighted by Crippen LogP contribution is -2.26. The van der Waals surface area contributed by atoms with Crippen molar-refractivity contribution in [3.8, 4) is 0 Å². The number of amides is 1. The molecule has 0 spiro atoms. The van der Waals surface area contributed by atoms with Crippen molar-refractivity contribution in [2.24, 2.45) is 0 Å². The molecule has 3 aromatic rings. The summed E-state index contributed by atoms with van der Waals surface area (Å²) < 4.78 is 0. The molecular formula is C19H20N4OS. The molecule has 0 saturated heterocycles. The molecule has 4 rings (SSSR count). The lowest BCUT2D eigenvalue weighted by molar-refractivity contribution is 0.0943. The molecule has 0 bridgehead atoms. The maximum atomic E-state index is 12.8. The number of aryl methyl sites for hydroxylation is 2. The maximum absolute atomic E-state index is 12.8. The van der Waals surface area contributed by atoms with E-state index in [2.05, 4.69) is 15.3 Å². The quantitative estimate of drug-likeness (QED) is 0.768. The molecule has 3 aromatic heterocycles. The minimum atomic E-state index is -0.0747. The Kier molecular flexibility index (Phi) is 4.00. The first-order valence-corrected chi connectivity index (χ1v) is 9.34. The molecule has 0 aromatic carbocycles. The van der Waals surface area contributed by atoms with Gasteiger partial charge in [-0.05, 0) is 56.9 Å². The Labute approximate surface area is 150 Å². The van der Waals surface area contributed by atoms with Crippen molar-refractivity contribution in [2.45, 2.75) is 45.6 Å². The topological polar surface area (TPSA) is 67.8 Å². The van der Waals surface area contributed by atoms with Crippen molar-refractivity contribution in [2.75, 3.05) is 0 Å². The van der Waals surface area contributed by atoms with E-state index in [0.29, 0.717) is 5.92 Å². The van der Waals surface area contributed by atoms with Crippen LogP contribution in [0.3, 0.4) is 0 Å². The molecule has 1 fully saturated rings. The van der Waals surface area contributed by atoms with Gasteiger partial charge in [0, 0.05) is 23.7 Å². The SMILES string of the molecule is Cc1nc(C2CC2)nc2sc(C(=O)NC(C)c3ccncc3)c(C)c12. The minimum Gasteiger partial charge on any atom is -0.345 e. The van der Waals surface area contributed by atoms with Crippen LogP contribution in [0.2, 0.25) is 0 Å². The Morgan fingerprint density at radius 3 is 2.64 bits per heavy atom. The molecule has 1 amide bonds. The molecular weight excluding hydrogens is 332 g/mol. The summed E-state index contributed by atoms with van der Waals surface area (Å²) in [6.45, 7) is 5.97. The van der Waals surface area contributed by atoms with Crippen LogP contribution >= 0.6 is 11.3 Å². The van der Waals surface area contributed by atoms with Crippen LogP contribution in [0.5, 0.6) is 0 Å². The van der Waals surface area contributed by atoms with E-state index in [9.17, 15) is 4.79 Å². The molecule has 0 aliphatic heterocycles. The van der Waals surface area contributed by atoms with Gasteiger partial charge in [0.2, 0.25) is 0 Å². The number of aromatic nitrogens is 3. The molecule has 1 N–H and O–H groups in total. The first-order chi connectivity index (χ1) is 12.0. The van der Waals surface area contributed by atoms with Crippen LogP contribution in [0, 0.1) is 13.8 Å². The van der Waals surface area contributed by atoms with Gasteiger partial charge < -0.3 is 5.32 Å². The zero-order chi connectivity index (χ0) is 17.6. The monoisotopic (exact) mass is 352 g/mol. The molecule has 25 heavy (non-hydrogen) atoms. The van der Waals surface area contributed by atoms with Crippen LogP contribution in [0.15, 0.2) is 24.5 Å². The zero-order valence-electron chi connectivity index (χ0n) is 14.5. The van der Waals surface area contributed by atoms with Crippen LogP contribution in [0.4, 0.5) is 0 Å². The van der Waals surface area contributed by atoms with E-state index >= 15 is 0 Å². The zero-order valence-corrected chi connectivity index (χ0v) is 15.4. The van der Waals surface area contributed by atoms with Crippen molar-refractivity contribution >= 4 is 27.5 Å². The largest absolute Gasteiger partial charge is 0.345 e. The van der Waals surface area contributed by atoms with E-state index < -0.39 is 0 Å². The van der Waals surface area contributed by atoms with Crippen LogP contribution < -0.4 is 5.32 Å². The number of nitrogens with zero attached hydrogens (tertiary/aromatic N) is 3. The third-order valence-corrected chi connectivity index (χ3v) is 5.88. The predicted octanol–water partition coefficient (Wildman–Crippen LogP) is 4.07. The number of nitrogens with one attached hydrogen (secondary N) is 1. The highest BCUT2D eigenvalue weighted by Gasteiger charge is 2.28. The van der Waals surface area contributed by atoms with Gasteiger partial charge in [-0.1, -0.05) is 0 Å².